The topological polar surface area (TPSA) is 25.1 Å². The van der Waals surface area contributed by atoms with E-state index >= 15 is 0 Å². The van der Waals surface area contributed by atoms with Gasteiger partial charge in [0.25, 0.3) is 0 Å². The van der Waals surface area contributed by atoms with Crippen molar-refractivity contribution in [2.24, 2.45) is 0 Å². The SMILES string of the molecule is C1=CC2OC23c2c1cccc2C1OC13. The van der Waals surface area contributed by atoms with E-state index in [4.69, 9.17) is 9.47 Å². The number of hydrogen-bond donors (Lipinski definition) is 0. The van der Waals surface area contributed by atoms with Crippen molar-refractivity contribution in [2.75, 3.05) is 0 Å². The van der Waals surface area contributed by atoms with Crippen molar-refractivity contribution < 1.29 is 9.47 Å². The highest BCUT2D eigenvalue weighted by atomic mass is 16.7. The molecule has 1 spiro atoms. The van der Waals surface area contributed by atoms with Gasteiger partial charge in [0, 0.05) is 5.56 Å². The minimum absolute atomic E-state index is 0.0641. The van der Waals surface area contributed by atoms with Crippen LogP contribution in [0.5, 0.6) is 0 Å². The Balaban J connectivity index is 1.98. The van der Waals surface area contributed by atoms with Crippen molar-refractivity contribution in [3.8, 4) is 0 Å². The lowest BCUT2D eigenvalue weighted by molar-refractivity contribution is 0.227. The zero-order valence-electron chi connectivity index (χ0n) is 7.44. The van der Waals surface area contributed by atoms with Crippen LogP contribution in [0.15, 0.2) is 24.3 Å². The smallest absolute Gasteiger partial charge is 0.154 e. The largest absolute Gasteiger partial charge is 0.361 e. The second kappa shape index (κ2) is 1.58. The minimum Gasteiger partial charge on any atom is -0.361 e. The number of benzene rings is 1. The Hall–Kier alpha value is -1.12. The van der Waals surface area contributed by atoms with Crippen LogP contribution in [0.1, 0.15) is 22.8 Å². The number of rotatable bonds is 0. The van der Waals surface area contributed by atoms with Crippen molar-refractivity contribution >= 4 is 6.08 Å². The van der Waals surface area contributed by atoms with Crippen molar-refractivity contribution in [1.29, 1.82) is 0 Å². The Morgan fingerprint density at radius 1 is 1.29 bits per heavy atom. The molecular weight excluding hydrogens is 176 g/mol. The average Bonchev–Trinajstić information content (AvgIpc) is 3.08. The van der Waals surface area contributed by atoms with Crippen LogP contribution in [0.2, 0.25) is 0 Å². The third-order valence-electron chi connectivity index (χ3n) is 3.88. The molecule has 0 N–H and O–H groups in total. The second-order valence-electron chi connectivity index (χ2n) is 4.48. The summed E-state index contributed by atoms with van der Waals surface area (Å²) in [7, 11) is 0. The number of fused-ring (bicyclic) bond motifs is 2. The van der Waals surface area contributed by atoms with E-state index in [1.807, 2.05) is 0 Å². The van der Waals surface area contributed by atoms with Crippen LogP contribution in [0, 0.1) is 0 Å². The Kier molecular flexibility index (Phi) is 0.718. The molecule has 2 heteroatoms. The van der Waals surface area contributed by atoms with Crippen LogP contribution >= 0.6 is 0 Å². The van der Waals surface area contributed by atoms with Crippen LogP contribution in [0.4, 0.5) is 0 Å². The third-order valence-corrected chi connectivity index (χ3v) is 3.88. The number of hydrogen-bond acceptors (Lipinski definition) is 2. The summed E-state index contributed by atoms with van der Waals surface area (Å²) in [5.74, 6) is 0. The molecule has 1 aromatic carbocycles. The summed E-state index contributed by atoms with van der Waals surface area (Å²) < 4.78 is 11.5. The molecule has 0 saturated carbocycles. The van der Waals surface area contributed by atoms with Crippen molar-refractivity contribution in [2.45, 2.75) is 23.9 Å². The molecular formula is C12H8O2. The summed E-state index contributed by atoms with van der Waals surface area (Å²) in [6, 6.07) is 6.45. The zero-order chi connectivity index (χ0) is 8.91. The predicted molar refractivity (Wildman–Crippen MR) is 49.6 cm³/mol. The molecule has 68 valence electrons. The highest BCUT2D eigenvalue weighted by Gasteiger charge is 2.77. The molecule has 4 unspecified atom stereocenters. The first-order valence-electron chi connectivity index (χ1n) is 5.06. The maximum absolute atomic E-state index is 5.84. The van der Waals surface area contributed by atoms with E-state index < -0.39 is 0 Å². The third kappa shape index (κ3) is 0.445. The molecule has 2 saturated heterocycles. The maximum Gasteiger partial charge on any atom is 0.154 e. The molecule has 0 bridgehead atoms. The van der Waals surface area contributed by atoms with Gasteiger partial charge in [0.05, 0.1) is 0 Å². The summed E-state index contributed by atoms with van der Waals surface area (Å²) in [5.41, 5.74) is 4.03. The van der Waals surface area contributed by atoms with E-state index in [0.717, 1.165) is 0 Å². The van der Waals surface area contributed by atoms with Crippen LogP contribution in [0.25, 0.3) is 6.08 Å². The Labute approximate surface area is 81.1 Å². The van der Waals surface area contributed by atoms with Gasteiger partial charge in [-0.25, -0.2) is 0 Å². The van der Waals surface area contributed by atoms with Crippen LogP contribution in [0.3, 0.4) is 0 Å². The highest BCUT2D eigenvalue weighted by Crippen LogP contribution is 2.70. The zero-order valence-corrected chi connectivity index (χ0v) is 7.44. The van der Waals surface area contributed by atoms with Crippen LogP contribution < -0.4 is 0 Å². The van der Waals surface area contributed by atoms with Crippen molar-refractivity contribution in [3.63, 3.8) is 0 Å². The molecule has 14 heavy (non-hydrogen) atoms. The van der Waals surface area contributed by atoms with Gasteiger partial charge >= 0.3 is 0 Å². The highest BCUT2D eigenvalue weighted by molar-refractivity contribution is 5.69. The summed E-state index contributed by atoms with van der Waals surface area (Å²) in [5, 5.41) is 0. The summed E-state index contributed by atoms with van der Waals surface area (Å²) >= 11 is 0. The molecule has 4 atom stereocenters. The molecule has 2 fully saturated rings. The summed E-state index contributed by atoms with van der Waals surface area (Å²) in [6.45, 7) is 0. The summed E-state index contributed by atoms with van der Waals surface area (Å²) in [4.78, 5) is 0. The van der Waals surface area contributed by atoms with Gasteiger partial charge in [-0.3, -0.25) is 0 Å². The van der Waals surface area contributed by atoms with E-state index in [0.29, 0.717) is 12.2 Å². The fraction of sp³-hybridized carbons (Fsp3) is 0.333. The first-order chi connectivity index (χ1) is 6.91. The van der Waals surface area contributed by atoms with Gasteiger partial charge in [-0.15, -0.1) is 0 Å². The minimum atomic E-state index is -0.0641. The van der Waals surface area contributed by atoms with Gasteiger partial charge in [0.2, 0.25) is 0 Å². The standard InChI is InChI=1S/C12H8O2/c1-2-6-4-5-8-12(14-8)9(6)7(3-1)10-11(12)13-10/h1-5,8,10-11H. The lowest BCUT2D eigenvalue weighted by Crippen LogP contribution is -2.19. The van der Waals surface area contributed by atoms with E-state index in [1.165, 1.54) is 16.7 Å². The Morgan fingerprint density at radius 2 is 2.29 bits per heavy atom. The van der Waals surface area contributed by atoms with Gasteiger partial charge in [0.1, 0.15) is 18.3 Å². The molecule has 0 radical (unpaired) electrons. The lowest BCUT2D eigenvalue weighted by atomic mass is 9.87. The van der Waals surface area contributed by atoms with Gasteiger partial charge in [0.15, 0.2) is 5.60 Å². The Bertz CT molecular complexity index is 505. The van der Waals surface area contributed by atoms with E-state index in [-0.39, 0.29) is 11.7 Å². The quantitative estimate of drug-likeness (QED) is 0.574. The fourth-order valence-electron chi connectivity index (χ4n) is 3.21. The van der Waals surface area contributed by atoms with E-state index in [2.05, 4.69) is 30.4 Å². The number of epoxide rings is 2. The van der Waals surface area contributed by atoms with Gasteiger partial charge in [-0.2, -0.15) is 0 Å². The van der Waals surface area contributed by atoms with Gasteiger partial charge in [-0.05, 0) is 11.1 Å². The first kappa shape index (κ1) is 6.38. The molecule has 2 nitrogen and oxygen atoms in total. The monoisotopic (exact) mass is 184 g/mol. The molecule has 0 aromatic heterocycles. The normalized spacial score (nSPS) is 48.1. The molecule has 2 heterocycles. The molecule has 5 rings (SSSR count). The molecule has 1 aromatic rings. The predicted octanol–water partition coefficient (Wildman–Crippen LogP) is 1.76. The fourth-order valence-corrected chi connectivity index (χ4v) is 3.21. The van der Waals surface area contributed by atoms with Gasteiger partial charge < -0.3 is 9.47 Å². The molecule has 0 amide bonds. The maximum atomic E-state index is 5.84. The molecule has 4 aliphatic rings. The van der Waals surface area contributed by atoms with Crippen molar-refractivity contribution in [1.82, 2.24) is 0 Å². The van der Waals surface area contributed by atoms with Crippen LogP contribution in [-0.4, -0.2) is 12.2 Å². The second-order valence-corrected chi connectivity index (χ2v) is 4.48. The van der Waals surface area contributed by atoms with Gasteiger partial charge in [-0.1, -0.05) is 30.4 Å². The average molecular weight is 184 g/mol. The number of ether oxygens (including phenoxy) is 2. The van der Waals surface area contributed by atoms with E-state index in [1.54, 1.807) is 0 Å². The summed E-state index contributed by atoms with van der Waals surface area (Å²) in [6.07, 6.45) is 5.27. The first-order valence-corrected chi connectivity index (χ1v) is 5.06. The lowest BCUT2D eigenvalue weighted by Gasteiger charge is -2.15. The van der Waals surface area contributed by atoms with Crippen molar-refractivity contribution in [3.05, 3.63) is 41.0 Å². The van der Waals surface area contributed by atoms with E-state index in [9.17, 15) is 0 Å². The Morgan fingerprint density at radius 3 is 3.29 bits per heavy atom. The molecule has 2 aliphatic heterocycles. The van der Waals surface area contributed by atoms with Crippen LogP contribution in [-0.2, 0) is 15.1 Å². The molecule has 2 aliphatic carbocycles.